The summed E-state index contributed by atoms with van der Waals surface area (Å²) in [5, 5.41) is 10.4. The molecule has 1 saturated heterocycles. The van der Waals surface area contributed by atoms with Crippen molar-refractivity contribution in [3.63, 3.8) is 0 Å². The fourth-order valence-corrected chi connectivity index (χ4v) is 2.99. The van der Waals surface area contributed by atoms with Crippen molar-refractivity contribution in [1.29, 1.82) is 0 Å². The summed E-state index contributed by atoms with van der Waals surface area (Å²) in [6, 6.07) is 6.68. The van der Waals surface area contributed by atoms with E-state index in [0.29, 0.717) is 6.04 Å². The van der Waals surface area contributed by atoms with Gasteiger partial charge in [-0.2, -0.15) is 5.10 Å². The maximum Gasteiger partial charge on any atom is 0.130 e. The van der Waals surface area contributed by atoms with Gasteiger partial charge in [0.05, 0.1) is 11.7 Å². The van der Waals surface area contributed by atoms with Gasteiger partial charge in [-0.25, -0.2) is 4.98 Å². The zero-order chi connectivity index (χ0) is 13.8. The Morgan fingerprint density at radius 1 is 1.35 bits per heavy atom. The van der Waals surface area contributed by atoms with Crippen molar-refractivity contribution in [3.05, 3.63) is 41.9 Å². The average Bonchev–Trinajstić information content (AvgIpc) is 3.02. The third-order valence-corrected chi connectivity index (χ3v) is 4.00. The highest BCUT2D eigenvalue weighted by atomic mass is 15.2. The molecule has 2 aromatic heterocycles. The zero-order valence-electron chi connectivity index (χ0n) is 11.8. The summed E-state index contributed by atoms with van der Waals surface area (Å²) in [5.74, 6) is 0.974. The molecule has 20 heavy (non-hydrogen) atoms. The Hall–Kier alpha value is -1.88. The van der Waals surface area contributed by atoms with Gasteiger partial charge >= 0.3 is 0 Å². The van der Waals surface area contributed by atoms with Crippen LogP contribution >= 0.6 is 0 Å². The van der Waals surface area contributed by atoms with Crippen molar-refractivity contribution in [3.8, 4) is 0 Å². The summed E-state index contributed by atoms with van der Waals surface area (Å²) in [5.41, 5.74) is 2.47. The molecule has 1 aliphatic rings. The molecule has 0 spiro atoms. The molecule has 0 bridgehead atoms. The number of likely N-dealkylation sites (tertiary alicyclic amines) is 1. The Morgan fingerprint density at radius 2 is 2.30 bits per heavy atom. The fraction of sp³-hybridized carbons (Fsp3) is 0.467. The van der Waals surface area contributed by atoms with E-state index in [2.05, 4.69) is 37.5 Å². The number of aromatic nitrogens is 3. The van der Waals surface area contributed by atoms with Gasteiger partial charge in [-0.15, -0.1) is 0 Å². The minimum atomic E-state index is 0.441. The molecule has 1 atom stereocenters. The molecule has 3 rings (SSSR count). The first kappa shape index (κ1) is 13.1. The van der Waals surface area contributed by atoms with Crippen LogP contribution < -0.4 is 5.32 Å². The largest absolute Gasteiger partial charge is 0.373 e. The average molecular weight is 271 g/mol. The highest BCUT2D eigenvalue weighted by Gasteiger charge is 2.25. The number of hydrogen-bond donors (Lipinski definition) is 2. The van der Waals surface area contributed by atoms with Gasteiger partial charge in [0.1, 0.15) is 5.82 Å². The Labute approximate surface area is 119 Å². The summed E-state index contributed by atoms with van der Waals surface area (Å²) in [6.45, 7) is 2.05. The Bertz CT molecular complexity index is 537. The van der Waals surface area contributed by atoms with E-state index in [0.717, 1.165) is 18.9 Å². The van der Waals surface area contributed by atoms with E-state index < -0.39 is 0 Å². The quantitative estimate of drug-likeness (QED) is 0.897. The van der Waals surface area contributed by atoms with Crippen molar-refractivity contribution in [2.24, 2.45) is 0 Å². The number of hydrogen-bond acceptors (Lipinski definition) is 4. The van der Waals surface area contributed by atoms with Crippen LogP contribution in [-0.4, -0.2) is 33.7 Å². The van der Waals surface area contributed by atoms with E-state index in [4.69, 9.17) is 0 Å². The van der Waals surface area contributed by atoms with Crippen LogP contribution in [0, 0.1) is 0 Å². The van der Waals surface area contributed by atoms with E-state index in [9.17, 15) is 0 Å². The van der Waals surface area contributed by atoms with Crippen molar-refractivity contribution >= 4 is 5.82 Å². The minimum absolute atomic E-state index is 0.441. The molecular formula is C15H21N5. The normalized spacial score (nSPS) is 19.9. The monoisotopic (exact) mass is 271 g/mol. The number of pyridine rings is 1. The lowest BCUT2D eigenvalue weighted by Crippen LogP contribution is -2.33. The summed E-state index contributed by atoms with van der Waals surface area (Å²) in [7, 11) is 1.93. The third-order valence-electron chi connectivity index (χ3n) is 4.00. The molecule has 1 unspecified atom stereocenters. The summed E-state index contributed by atoms with van der Waals surface area (Å²) in [4.78, 5) is 6.92. The fourth-order valence-electron chi connectivity index (χ4n) is 2.99. The molecule has 2 N–H and O–H groups in total. The molecule has 5 nitrogen and oxygen atoms in total. The summed E-state index contributed by atoms with van der Waals surface area (Å²) < 4.78 is 0. The lowest BCUT2D eigenvalue weighted by Gasteiger charge is -2.35. The Kier molecular flexibility index (Phi) is 3.97. The molecule has 0 aliphatic carbocycles. The predicted molar refractivity (Wildman–Crippen MR) is 79.4 cm³/mol. The SMILES string of the molecule is CNc1ncccc1CN1CCCCC1c1ccn[nH]1. The van der Waals surface area contributed by atoms with Crippen LogP contribution in [0.15, 0.2) is 30.6 Å². The van der Waals surface area contributed by atoms with Gasteiger partial charge in [0.2, 0.25) is 0 Å². The van der Waals surface area contributed by atoms with Gasteiger partial charge in [-0.05, 0) is 31.5 Å². The van der Waals surface area contributed by atoms with Crippen molar-refractivity contribution in [1.82, 2.24) is 20.1 Å². The van der Waals surface area contributed by atoms with Crippen molar-refractivity contribution < 1.29 is 0 Å². The van der Waals surface area contributed by atoms with Crippen LogP contribution in [0.3, 0.4) is 0 Å². The first-order valence-electron chi connectivity index (χ1n) is 7.23. The minimum Gasteiger partial charge on any atom is -0.373 e. The molecule has 0 saturated carbocycles. The van der Waals surface area contributed by atoms with E-state index in [1.807, 2.05) is 25.5 Å². The first-order valence-corrected chi connectivity index (χ1v) is 7.23. The second-order valence-electron chi connectivity index (χ2n) is 5.26. The lowest BCUT2D eigenvalue weighted by atomic mass is 9.98. The van der Waals surface area contributed by atoms with Gasteiger partial charge < -0.3 is 5.32 Å². The smallest absolute Gasteiger partial charge is 0.130 e. The van der Waals surface area contributed by atoms with E-state index in [-0.39, 0.29) is 0 Å². The maximum absolute atomic E-state index is 4.39. The highest BCUT2D eigenvalue weighted by Crippen LogP contribution is 2.31. The molecule has 1 aliphatic heterocycles. The molecular weight excluding hydrogens is 250 g/mol. The van der Waals surface area contributed by atoms with Gasteiger partial charge in [-0.1, -0.05) is 12.5 Å². The lowest BCUT2D eigenvalue weighted by molar-refractivity contribution is 0.137. The highest BCUT2D eigenvalue weighted by molar-refractivity contribution is 5.42. The van der Waals surface area contributed by atoms with Gasteiger partial charge in [0, 0.05) is 31.5 Å². The predicted octanol–water partition coefficient (Wildman–Crippen LogP) is 2.57. The topological polar surface area (TPSA) is 56.8 Å². The van der Waals surface area contributed by atoms with Crippen molar-refractivity contribution in [2.75, 3.05) is 18.9 Å². The number of aromatic amines is 1. The van der Waals surface area contributed by atoms with Crippen LogP contribution in [-0.2, 0) is 6.54 Å². The number of piperidine rings is 1. The molecule has 5 heteroatoms. The molecule has 106 valence electrons. The molecule has 0 aromatic carbocycles. The number of anilines is 1. The molecule has 1 fully saturated rings. The molecule has 3 heterocycles. The van der Waals surface area contributed by atoms with Crippen LogP contribution in [0.25, 0.3) is 0 Å². The second kappa shape index (κ2) is 6.05. The second-order valence-corrected chi connectivity index (χ2v) is 5.26. The van der Waals surface area contributed by atoms with Gasteiger partial charge in [-0.3, -0.25) is 10.00 Å². The van der Waals surface area contributed by atoms with Crippen LogP contribution in [0.5, 0.6) is 0 Å². The van der Waals surface area contributed by atoms with Gasteiger partial charge in [0.25, 0.3) is 0 Å². The Morgan fingerprint density at radius 3 is 3.10 bits per heavy atom. The zero-order valence-corrected chi connectivity index (χ0v) is 11.8. The summed E-state index contributed by atoms with van der Waals surface area (Å²) in [6.07, 6.45) is 7.41. The van der Waals surface area contributed by atoms with E-state index in [1.54, 1.807) is 0 Å². The van der Waals surface area contributed by atoms with Gasteiger partial charge in [0.15, 0.2) is 0 Å². The molecule has 0 amide bonds. The number of nitrogens with zero attached hydrogens (tertiary/aromatic N) is 3. The first-order chi connectivity index (χ1) is 9.88. The molecule has 2 aromatic rings. The maximum atomic E-state index is 4.39. The molecule has 0 radical (unpaired) electrons. The van der Waals surface area contributed by atoms with Crippen molar-refractivity contribution in [2.45, 2.75) is 31.8 Å². The number of rotatable bonds is 4. The van der Waals surface area contributed by atoms with Crippen LogP contribution in [0.1, 0.15) is 36.6 Å². The summed E-state index contributed by atoms with van der Waals surface area (Å²) >= 11 is 0. The van der Waals surface area contributed by atoms with E-state index >= 15 is 0 Å². The van der Waals surface area contributed by atoms with E-state index in [1.165, 1.54) is 30.5 Å². The third kappa shape index (κ3) is 2.67. The number of nitrogens with one attached hydrogen (secondary N) is 2. The standard InChI is InChI=1S/C15H21N5/c1-16-15-12(5-4-8-17-15)11-20-10-3-2-6-14(20)13-7-9-18-19-13/h4-5,7-9,14H,2-3,6,10-11H2,1H3,(H,16,17)(H,18,19). The number of H-pyrrole nitrogens is 1. The van der Waals surface area contributed by atoms with Crippen LogP contribution in [0.2, 0.25) is 0 Å². The Balaban J connectivity index is 1.80. The van der Waals surface area contributed by atoms with Crippen LogP contribution in [0.4, 0.5) is 5.82 Å².